The number of benzene rings is 1. The number of hydrogen-bond donors (Lipinski definition) is 0. The molecule has 3 atom stereocenters. The number of carbonyl (C=O) groups excluding carboxylic acids is 2. The molecule has 1 aliphatic heterocycles. The van der Waals surface area contributed by atoms with Crippen molar-refractivity contribution in [1.82, 2.24) is 0 Å². The summed E-state index contributed by atoms with van der Waals surface area (Å²) in [4.78, 5) is 25.1. The van der Waals surface area contributed by atoms with Crippen LogP contribution < -0.4 is 4.74 Å². The molecule has 0 saturated carbocycles. The van der Waals surface area contributed by atoms with E-state index in [0.29, 0.717) is 6.54 Å². The first-order valence-electron chi connectivity index (χ1n) is 10.5. The molecule has 1 heterocycles. The summed E-state index contributed by atoms with van der Waals surface area (Å²) in [5.74, 6) is 1.30. The third kappa shape index (κ3) is 5.19. The number of hydrogen-bond acceptors (Lipinski definition) is 3. The molecule has 0 aliphatic carbocycles. The molecule has 0 aromatic heterocycles. The summed E-state index contributed by atoms with van der Waals surface area (Å²) in [6, 6.07) is 8.37. The number of carbonyl (C=O) groups is 2. The van der Waals surface area contributed by atoms with Crippen LogP contribution in [0.4, 0.5) is 0 Å². The molecule has 1 saturated heterocycles. The Balaban J connectivity index is 1.83. The van der Waals surface area contributed by atoms with Gasteiger partial charge in [-0.25, -0.2) is 9.59 Å². The van der Waals surface area contributed by atoms with Gasteiger partial charge in [-0.1, -0.05) is 38.8 Å². The lowest BCUT2D eigenvalue weighted by Gasteiger charge is -2.33. The molecule has 150 valence electrons. The monoisotopic (exact) mass is 374 g/mol. The first kappa shape index (κ1) is 21.6. The first-order valence-corrected chi connectivity index (χ1v) is 10.5. The second kappa shape index (κ2) is 10.0. The summed E-state index contributed by atoms with van der Waals surface area (Å²) in [5, 5.41) is 0. The molecule has 0 N–H and O–H groups in total. The molecule has 0 bridgehead atoms. The predicted octanol–water partition coefficient (Wildman–Crippen LogP) is 4.75. The molecule has 2 amide bonds. The Morgan fingerprint density at radius 1 is 1.22 bits per heavy atom. The van der Waals surface area contributed by atoms with E-state index < -0.39 is 0 Å². The fourth-order valence-corrected chi connectivity index (χ4v) is 4.35. The van der Waals surface area contributed by atoms with Gasteiger partial charge in [-0.05, 0) is 49.8 Å². The SMILES string of the molecule is COc1ccc(CCCCCC(C(=O)[N+]2(C=O)CCC[C@H]2C)C(C)C)cc1. The Morgan fingerprint density at radius 2 is 1.93 bits per heavy atom. The van der Waals surface area contributed by atoms with Crippen molar-refractivity contribution in [2.45, 2.75) is 71.8 Å². The summed E-state index contributed by atoms with van der Waals surface area (Å²) >= 11 is 0. The lowest BCUT2D eigenvalue weighted by molar-refractivity contribution is -0.782. The van der Waals surface area contributed by atoms with Gasteiger partial charge in [-0.3, -0.25) is 0 Å². The van der Waals surface area contributed by atoms with Gasteiger partial charge in [0, 0.05) is 12.8 Å². The molecule has 1 fully saturated rings. The molecule has 4 heteroatoms. The minimum atomic E-state index is -0.0169. The molecule has 4 nitrogen and oxygen atoms in total. The van der Waals surface area contributed by atoms with Crippen molar-refractivity contribution in [3.63, 3.8) is 0 Å². The van der Waals surface area contributed by atoms with Gasteiger partial charge in [0.05, 0.1) is 19.6 Å². The molecule has 0 radical (unpaired) electrons. The van der Waals surface area contributed by atoms with Crippen LogP contribution in [-0.4, -0.2) is 36.5 Å². The number of quaternary nitrogens is 1. The van der Waals surface area contributed by atoms with E-state index in [1.54, 1.807) is 7.11 Å². The van der Waals surface area contributed by atoms with Gasteiger partial charge in [-0.2, -0.15) is 4.48 Å². The van der Waals surface area contributed by atoms with Crippen LogP contribution in [0.2, 0.25) is 0 Å². The van der Waals surface area contributed by atoms with E-state index in [9.17, 15) is 9.59 Å². The first-order chi connectivity index (χ1) is 12.9. The number of unbranched alkanes of at least 4 members (excludes halogenated alkanes) is 2. The van der Waals surface area contributed by atoms with Crippen molar-refractivity contribution in [2.75, 3.05) is 13.7 Å². The smallest absolute Gasteiger partial charge is 0.324 e. The Hall–Kier alpha value is -1.68. The number of aryl methyl sites for hydroxylation is 1. The lowest BCUT2D eigenvalue weighted by Crippen LogP contribution is -2.57. The van der Waals surface area contributed by atoms with Crippen LogP contribution in [0.3, 0.4) is 0 Å². The molecule has 2 rings (SSSR count). The third-order valence-corrected chi connectivity index (χ3v) is 6.30. The Kier molecular flexibility index (Phi) is 8.03. The average molecular weight is 375 g/mol. The largest absolute Gasteiger partial charge is 0.497 e. The van der Waals surface area contributed by atoms with E-state index >= 15 is 0 Å². The Bertz CT molecular complexity index is 611. The van der Waals surface area contributed by atoms with Crippen molar-refractivity contribution in [3.05, 3.63) is 29.8 Å². The highest BCUT2D eigenvalue weighted by Gasteiger charge is 2.49. The summed E-state index contributed by atoms with van der Waals surface area (Å²) in [5.41, 5.74) is 1.32. The van der Waals surface area contributed by atoms with Gasteiger partial charge < -0.3 is 4.74 Å². The van der Waals surface area contributed by atoms with E-state index in [-0.39, 0.29) is 28.3 Å². The van der Waals surface area contributed by atoms with E-state index in [2.05, 4.69) is 26.0 Å². The molecule has 1 aromatic carbocycles. The highest BCUT2D eigenvalue weighted by atomic mass is 16.5. The van der Waals surface area contributed by atoms with Gasteiger partial charge in [0.25, 0.3) is 0 Å². The minimum absolute atomic E-state index is 0.0169. The van der Waals surface area contributed by atoms with Crippen LogP contribution in [0.25, 0.3) is 0 Å². The van der Waals surface area contributed by atoms with Crippen LogP contribution in [0.15, 0.2) is 24.3 Å². The van der Waals surface area contributed by atoms with Crippen LogP contribution in [0.1, 0.15) is 64.9 Å². The lowest BCUT2D eigenvalue weighted by atomic mass is 9.87. The van der Waals surface area contributed by atoms with Gasteiger partial charge in [0.15, 0.2) is 0 Å². The fourth-order valence-electron chi connectivity index (χ4n) is 4.35. The van der Waals surface area contributed by atoms with E-state index in [1.165, 1.54) is 5.56 Å². The zero-order chi connectivity index (χ0) is 19.9. The molecule has 27 heavy (non-hydrogen) atoms. The van der Waals surface area contributed by atoms with Crippen LogP contribution >= 0.6 is 0 Å². The standard InChI is InChI=1S/C23H36NO3/c1-18(2)22(23(26)24(17-25)16-8-9-19(24)3)11-7-5-6-10-20-12-14-21(27-4)15-13-20/h12-15,17-19,22H,5-11,16H2,1-4H3/q+1/t19-,22?,24?/m1/s1. The molecular weight excluding hydrogens is 338 g/mol. The highest BCUT2D eigenvalue weighted by molar-refractivity contribution is 5.78. The molecule has 1 aliphatic rings. The van der Waals surface area contributed by atoms with Crippen LogP contribution in [0, 0.1) is 11.8 Å². The second-order valence-corrected chi connectivity index (χ2v) is 8.39. The minimum Gasteiger partial charge on any atom is -0.497 e. The number of nitrogens with zero attached hydrogens (tertiary/aromatic N) is 1. The Labute approximate surface area is 164 Å². The Morgan fingerprint density at radius 3 is 2.44 bits per heavy atom. The van der Waals surface area contributed by atoms with Crippen molar-refractivity contribution in [2.24, 2.45) is 11.8 Å². The second-order valence-electron chi connectivity index (χ2n) is 8.39. The van der Waals surface area contributed by atoms with E-state index in [4.69, 9.17) is 4.74 Å². The molecule has 1 aromatic rings. The predicted molar refractivity (Wildman–Crippen MR) is 108 cm³/mol. The normalized spacial score (nSPS) is 23.4. The maximum atomic E-state index is 13.2. The summed E-state index contributed by atoms with van der Waals surface area (Å²) in [7, 11) is 1.68. The maximum Gasteiger partial charge on any atom is 0.324 e. The van der Waals surface area contributed by atoms with Gasteiger partial charge in [0.2, 0.25) is 0 Å². The van der Waals surface area contributed by atoms with Crippen molar-refractivity contribution < 1.29 is 18.8 Å². The number of amides is 2. The average Bonchev–Trinajstić information content (AvgIpc) is 3.06. The summed E-state index contributed by atoms with van der Waals surface area (Å²) in [6.45, 7) is 6.96. The zero-order valence-electron chi connectivity index (χ0n) is 17.4. The number of imide groups is 1. The van der Waals surface area contributed by atoms with Gasteiger partial charge >= 0.3 is 12.3 Å². The summed E-state index contributed by atoms with van der Waals surface area (Å²) in [6.07, 6.45) is 8.07. The molecule has 0 spiro atoms. The molecular formula is C23H36NO3+. The van der Waals surface area contributed by atoms with Crippen LogP contribution in [0.5, 0.6) is 5.75 Å². The number of likely N-dealkylation sites (tertiary alicyclic amines) is 1. The number of ether oxygens (including phenoxy) is 1. The van der Waals surface area contributed by atoms with Gasteiger partial charge in [0.1, 0.15) is 11.8 Å². The van der Waals surface area contributed by atoms with E-state index in [0.717, 1.165) is 57.1 Å². The zero-order valence-corrected chi connectivity index (χ0v) is 17.4. The number of methoxy groups -OCH3 is 1. The molecule has 2 unspecified atom stereocenters. The third-order valence-electron chi connectivity index (χ3n) is 6.30. The van der Waals surface area contributed by atoms with Gasteiger partial charge in [-0.15, -0.1) is 0 Å². The number of rotatable bonds is 10. The van der Waals surface area contributed by atoms with Crippen molar-refractivity contribution >= 4 is 12.3 Å². The topological polar surface area (TPSA) is 43.4 Å². The van der Waals surface area contributed by atoms with E-state index in [1.807, 2.05) is 19.1 Å². The highest BCUT2D eigenvalue weighted by Crippen LogP contribution is 2.32. The van der Waals surface area contributed by atoms with Crippen molar-refractivity contribution in [1.29, 1.82) is 0 Å². The maximum absolute atomic E-state index is 13.2. The summed E-state index contributed by atoms with van der Waals surface area (Å²) < 4.78 is 5.24. The van der Waals surface area contributed by atoms with Crippen LogP contribution in [-0.2, 0) is 16.0 Å². The quantitative estimate of drug-likeness (QED) is 0.337. The fraction of sp³-hybridized carbons (Fsp3) is 0.652. The van der Waals surface area contributed by atoms with Crippen molar-refractivity contribution in [3.8, 4) is 5.75 Å².